The predicted octanol–water partition coefficient (Wildman–Crippen LogP) is 3.63. The number of rotatable bonds is 6. The molecule has 0 atom stereocenters. The molecular weight excluding hydrogens is 341 g/mol. The Bertz CT molecular complexity index is 864. The molecule has 3 rings (SSSR count). The Hall–Kier alpha value is -3.06. The minimum Gasteiger partial charge on any atom is -0.487 e. The van der Waals surface area contributed by atoms with Crippen molar-refractivity contribution in [3.63, 3.8) is 0 Å². The first kappa shape index (κ1) is 16.8. The summed E-state index contributed by atoms with van der Waals surface area (Å²) in [4.78, 5) is 16.5. The summed E-state index contributed by atoms with van der Waals surface area (Å²) in [5.41, 5.74) is 4.11. The zero-order chi connectivity index (χ0) is 17.5. The Balaban J connectivity index is 1.59. The van der Waals surface area contributed by atoms with Crippen LogP contribution in [-0.4, -0.2) is 17.1 Å². The van der Waals surface area contributed by atoms with Gasteiger partial charge >= 0.3 is 0 Å². The first-order valence-corrected chi connectivity index (χ1v) is 8.28. The second-order valence-electron chi connectivity index (χ2n) is 5.01. The molecule has 0 unspecified atom stereocenters. The van der Waals surface area contributed by atoms with Gasteiger partial charge in [0.25, 0.3) is 5.91 Å². The lowest BCUT2D eigenvalue weighted by Gasteiger charge is -2.06. The van der Waals surface area contributed by atoms with E-state index < -0.39 is 0 Å². The van der Waals surface area contributed by atoms with Crippen molar-refractivity contribution in [1.82, 2.24) is 10.4 Å². The number of carbonyl (C=O) groups excluding carboxylic acids is 1. The van der Waals surface area contributed by atoms with Gasteiger partial charge in [-0.2, -0.15) is 5.10 Å². The van der Waals surface area contributed by atoms with Crippen LogP contribution in [0.15, 0.2) is 65.3 Å². The van der Waals surface area contributed by atoms with E-state index in [1.54, 1.807) is 48.1 Å². The molecule has 1 N–H and O–H groups in total. The summed E-state index contributed by atoms with van der Waals surface area (Å²) in [6.07, 6.45) is 4.82. The lowest BCUT2D eigenvalue weighted by Crippen LogP contribution is -2.17. The SMILES string of the molecule is O=C(NN=Cc1ccncc1)c1sccc1OCc1ccc(F)cc1. The summed E-state index contributed by atoms with van der Waals surface area (Å²) in [6, 6.07) is 11.3. The van der Waals surface area contributed by atoms with Crippen LogP contribution >= 0.6 is 11.3 Å². The smallest absolute Gasteiger partial charge is 0.285 e. The Labute approximate surface area is 147 Å². The van der Waals surface area contributed by atoms with Gasteiger partial charge in [-0.25, -0.2) is 9.82 Å². The fraction of sp³-hybridized carbons (Fsp3) is 0.0556. The van der Waals surface area contributed by atoms with Crippen molar-refractivity contribution < 1.29 is 13.9 Å². The number of benzene rings is 1. The largest absolute Gasteiger partial charge is 0.487 e. The fourth-order valence-corrected chi connectivity index (χ4v) is 2.71. The third-order valence-electron chi connectivity index (χ3n) is 3.23. The summed E-state index contributed by atoms with van der Waals surface area (Å²) in [5.74, 6) is -0.188. The maximum atomic E-state index is 12.9. The van der Waals surface area contributed by atoms with E-state index in [0.717, 1.165) is 11.1 Å². The molecule has 25 heavy (non-hydrogen) atoms. The van der Waals surface area contributed by atoms with Crippen molar-refractivity contribution in [3.05, 3.63) is 82.1 Å². The molecule has 7 heteroatoms. The van der Waals surface area contributed by atoms with E-state index >= 15 is 0 Å². The van der Waals surface area contributed by atoms with Crippen molar-refractivity contribution in [2.75, 3.05) is 0 Å². The number of ether oxygens (including phenoxy) is 1. The number of halogens is 1. The Morgan fingerprint density at radius 1 is 1.20 bits per heavy atom. The molecule has 3 aromatic rings. The molecule has 5 nitrogen and oxygen atoms in total. The maximum absolute atomic E-state index is 12.9. The van der Waals surface area contributed by atoms with Gasteiger partial charge in [-0.05, 0) is 46.8 Å². The predicted molar refractivity (Wildman–Crippen MR) is 94.3 cm³/mol. The topological polar surface area (TPSA) is 63.6 Å². The molecule has 0 fully saturated rings. The van der Waals surface area contributed by atoms with Crippen molar-refractivity contribution in [3.8, 4) is 5.75 Å². The highest BCUT2D eigenvalue weighted by molar-refractivity contribution is 7.12. The normalized spacial score (nSPS) is 10.8. The molecule has 0 saturated carbocycles. The van der Waals surface area contributed by atoms with Gasteiger partial charge in [-0.1, -0.05) is 12.1 Å². The first-order valence-electron chi connectivity index (χ1n) is 7.40. The minimum atomic E-state index is -0.352. The van der Waals surface area contributed by atoms with Gasteiger partial charge in [0.1, 0.15) is 23.1 Å². The van der Waals surface area contributed by atoms with E-state index in [0.29, 0.717) is 10.6 Å². The monoisotopic (exact) mass is 355 g/mol. The minimum absolute atomic E-state index is 0.248. The fourth-order valence-electron chi connectivity index (χ4n) is 1.98. The highest BCUT2D eigenvalue weighted by Crippen LogP contribution is 2.25. The number of amides is 1. The molecule has 1 aromatic carbocycles. The van der Waals surface area contributed by atoms with Crippen LogP contribution in [0.3, 0.4) is 0 Å². The highest BCUT2D eigenvalue weighted by Gasteiger charge is 2.14. The molecule has 0 aliphatic rings. The summed E-state index contributed by atoms with van der Waals surface area (Å²) < 4.78 is 18.6. The zero-order valence-corrected chi connectivity index (χ0v) is 13.9. The third-order valence-corrected chi connectivity index (χ3v) is 4.12. The second-order valence-corrected chi connectivity index (χ2v) is 5.92. The van der Waals surface area contributed by atoms with Gasteiger partial charge in [0.15, 0.2) is 0 Å². The van der Waals surface area contributed by atoms with Crippen LogP contribution in [0, 0.1) is 5.82 Å². The lowest BCUT2D eigenvalue weighted by molar-refractivity contribution is 0.0955. The first-order chi connectivity index (χ1) is 12.2. The van der Waals surface area contributed by atoms with Crippen LogP contribution in [0.1, 0.15) is 20.8 Å². The van der Waals surface area contributed by atoms with Crippen LogP contribution in [0.2, 0.25) is 0 Å². The summed E-state index contributed by atoms with van der Waals surface area (Å²) in [7, 11) is 0. The molecule has 0 saturated heterocycles. The van der Waals surface area contributed by atoms with Crippen molar-refractivity contribution in [1.29, 1.82) is 0 Å². The Kier molecular flexibility index (Phi) is 5.48. The standard InChI is InChI=1S/C18H14FN3O2S/c19-15-3-1-14(2-4-15)12-24-16-7-10-25-17(16)18(23)22-21-11-13-5-8-20-9-6-13/h1-11H,12H2,(H,22,23). The molecule has 0 aliphatic carbocycles. The van der Waals surface area contributed by atoms with E-state index in [2.05, 4.69) is 15.5 Å². The summed E-state index contributed by atoms with van der Waals surface area (Å²) in [5, 5.41) is 5.69. The molecule has 2 aromatic heterocycles. The quantitative estimate of drug-likeness (QED) is 0.542. The number of pyridine rings is 1. The molecule has 2 heterocycles. The number of nitrogens with zero attached hydrogens (tertiary/aromatic N) is 2. The van der Waals surface area contributed by atoms with Gasteiger partial charge in [-0.3, -0.25) is 9.78 Å². The van der Waals surface area contributed by atoms with E-state index in [9.17, 15) is 9.18 Å². The molecular formula is C18H14FN3O2S. The highest BCUT2D eigenvalue weighted by atomic mass is 32.1. The average Bonchev–Trinajstić information content (AvgIpc) is 3.11. The molecule has 126 valence electrons. The van der Waals surface area contributed by atoms with Gasteiger partial charge in [-0.15, -0.1) is 11.3 Å². The van der Waals surface area contributed by atoms with Crippen LogP contribution in [0.25, 0.3) is 0 Å². The van der Waals surface area contributed by atoms with E-state index in [4.69, 9.17) is 4.74 Å². The van der Waals surface area contributed by atoms with Crippen molar-refractivity contribution >= 4 is 23.5 Å². The van der Waals surface area contributed by atoms with Gasteiger partial charge in [0, 0.05) is 12.4 Å². The molecule has 0 bridgehead atoms. The zero-order valence-electron chi connectivity index (χ0n) is 13.1. The van der Waals surface area contributed by atoms with Crippen LogP contribution < -0.4 is 10.2 Å². The van der Waals surface area contributed by atoms with Crippen LogP contribution in [0.4, 0.5) is 4.39 Å². The number of nitrogens with one attached hydrogen (secondary N) is 1. The average molecular weight is 355 g/mol. The van der Waals surface area contributed by atoms with Crippen LogP contribution in [0.5, 0.6) is 5.75 Å². The molecule has 1 amide bonds. The third kappa shape index (κ3) is 4.71. The molecule has 0 radical (unpaired) electrons. The number of hydrazone groups is 1. The Morgan fingerprint density at radius 3 is 2.72 bits per heavy atom. The van der Waals surface area contributed by atoms with E-state index in [-0.39, 0.29) is 18.3 Å². The lowest BCUT2D eigenvalue weighted by atomic mass is 10.2. The molecule has 0 aliphatic heterocycles. The Morgan fingerprint density at radius 2 is 1.96 bits per heavy atom. The van der Waals surface area contributed by atoms with Crippen LogP contribution in [-0.2, 0) is 6.61 Å². The number of thiophene rings is 1. The summed E-state index contributed by atoms with van der Waals surface area (Å²) in [6.45, 7) is 0.248. The van der Waals surface area contributed by atoms with Gasteiger partial charge in [0.05, 0.1) is 6.21 Å². The van der Waals surface area contributed by atoms with E-state index in [1.807, 2.05) is 0 Å². The maximum Gasteiger partial charge on any atom is 0.285 e. The number of carbonyl (C=O) groups is 1. The van der Waals surface area contributed by atoms with Crippen molar-refractivity contribution in [2.24, 2.45) is 5.10 Å². The number of hydrogen-bond donors (Lipinski definition) is 1. The van der Waals surface area contributed by atoms with Gasteiger partial charge < -0.3 is 4.74 Å². The summed E-state index contributed by atoms with van der Waals surface area (Å²) >= 11 is 1.26. The van der Waals surface area contributed by atoms with E-state index in [1.165, 1.54) is 29.7 Å². The van der Waals surface area contributed by atoms with Gasteiger partial charge in [0.2, 0.25) is 0 Å². The van der Waals surface area contributed by atoms with Crippen molar-refractivity contribution in [2.45, 2.75) is 6.61 Å². The second kappa shape index (κ2) is 8.16. The number of hydrogen-bond acceptors (Lipinski definition) is 5. The molecule has 0 spiro atoms. The number of aromatic nitrogens is 1.